The van der Waals surface area contributed by atoms with E-state index in [4.69, 9.17) is 9.47 Å². The van der Waals surface area contributed by atoms with Crippen molar-refractivity contribution in [2.24, 2.45) is 11.8 Å². The lowest BCUT2D eigenvalue weighted by Crippen LogP contribution is -2.07. The molecular weight excluding hydrogens is 308 g/mol. The third-order valence-corrected chi connectivity index (χ3v) is 4.20. The highest BCUT2D eigenvalue weighted by Gasteiger charge is 2.16. The van der Waals surface area contributed by atoms with Gasteiger partial charge in [0.15, 0.2) is 0 Å². The quantitative estimate of drug-likeness (QED) is 0.487. The molecule has 3 rings (SSSR count). The largest absolute Gasteiger partial charge is 0.492 e. The van der Waals surface area contributed by atoms with Crippen molar-refractivity contribution >= 4 is 21.5 Å². The fourth-order valence-electron chi connectivity index (χ4n) is 3.02. The summed E-state index contributed by atoms with van der Waals surface area (Å²) in [6.07, 6.45) is 0. The summed E-state index contributed by atoms with van der Waals surface area (Å²) in [5.74, 6) is 2.91. The van der Waals surface area contributed by atoms with Gasteiger partial charge < -0.3 is 9.47 Å². The minimum absolute atomic E-state index is 0.482. The molecule has 0 aliphatic rings. The highest BCUT2D eigenvalue weighted by atomic mass is 16.5. The lowest BCUT2D eigenvalue weighted by molar-refractivity contribution is 0.273. The van der Waals surface area contributed by atoms with E-state index in [-0.39, 0.29) is 0 Å². The number of hydrogen-bond acceptors (Lipinski definition) is 2. The summed E-state index contributed by atoms with van der Waals surface area (Å²) in [5.41, 5.74) is 1.23. The van der Waals surface area contributed by atoms with Crippen molar-refractivity contribution in [2.75, 3.05) is 13.2 Å². The van der Waals surface area contributed by atoms with Crippen molar-refractivity contribution in [1.29, 1.82) is 0 Å². The van der Waals surface area contributed by atoms with Crippen LogP contribution in [0.1, 0.15) is 33.3 Å². The molecule has 0 bridgehead atoms. The molecule has 2 nitrogen and oxygen atoms in total. The Labute approximate surface area is 150 Å². The Morgan fingerprint density at radius 3 is 1.68 bits per heavy atom. The summed E-state index contributed by atoms with van der Waals surface area (Å²) in [4.78, 5) is 0. The number of rotatable bonds is 6. The second-order valence-corrected chi connectivity index (χ2v) is 7.66. The van der Waals surface area contributed by atoms with E-state index in [1.165, 1.54) is 5.56 Å². The second-order valence-electron chi connectivity index (χ2n) is 7.66. The maximum absolute atomic E-state index is 6.27. The van der Waals surface area contributed by atoms with E-state index in [1.54, 1.807) is 0 Å². The fourth-order valence-corrected chi connectivity index (χ4v) is 3.02. The second kappa shape index (κ2) is 7.35. The third kappa shape index (κ3) is 3.73. The lowest BCUT2D eigenvalue weighted by Gasteiger charge is -2.19. The zero-order valence-corrected chi connectivity index (χ0v) is 15.9. The number of fused-ring (bicyclic) bond motifs is 2. The molecule has 0 fully saturated rings. The molecule has 0 heterocycles. The minimum atomic E-state index is 0.482. The van der Waals surface area contributed by atoms with Crippen LogP contribution in [0.2, 0.25) is 0 Å². The van der Waals surface area contributed by atoms with Crippen molar-refractivity contribution < 1.29 is 9.47 Å². The minimum Gasteiger partial charge on any atom is -0.492 e. The molecular formula is C23H28O2. The molecule has 132 valence electrons. The van der Waals surface area contributed by atoms with Gasteiger partial charge >= 0.3 is 0 Å². The average Bonchev–Trinajstić information content (AvgIpc) is 2.57. The predicted molar refractivity (Wildman–Crippen MR) is 107 cm³/mol. The molecule has 0 aliphatic heterocycles. The smallest absolute Gasteiger partial charge is 0.135 e. The van der Waals surface area contributed by atoms with Gasteiger partial charge in [0, 0.05) is 21.5 Å². The number of hydrogen-bond donors (Lipinski definition) is 0. The van der Waals surface area contributed by atoms with Crippen LogP contribution >= 0.6 is 0 Å². The fraction of sp³-hybridized carbons (Fsp3) is 0.391. The first-order chi connectivity index (χ1) is 12.0. The van der Waals surface area contributed by atoms with Crippen molar-refractivity contribution in [3.05, 3.63) is 48.0 Å². The van der Waals surface area contributed by atoms with Crippen LogP contribution in [-0.2, 0) is 0 Å². The van der Waals surface area contributed by atoms with E-state index in [1.807, 2.05) is 0 Å². The Morgan fingerprint density at radius 2 is 1.16 bits per heavy atom. The van der Waals surface area contributed by atoms with Gasteiger partial charge in [0.05, 0.1) is 13.2 Å². The molecule has 0 saturated heterocycles. The van der Waals surface area contributed by atoms with Crippen molar-refractivity contribution in [3.8, 4) is 11.5 Å². The lowest BCUT2D eigenvalue weighted by atomic mass is 9.99. The maximum atomic E-state index is 6.27. The predicted octanol–water partition coefficient (Wildman–Crippen LogP) is 6.37. The van der Waals surface area contributed by atoms with Gasteiger partial charge in [-0.15, -0.1) is 0 Å². The van der Waals surface area contributed by atoms with Crippen LogP contribution in [0.4, 0.5) is 0 Å². The molecule has 0 aromatic heterocycles. The van der Waals surface area contributed by atoms with Crippen LogP contribution in [0.3, 0.4) is 0 Å². The number of benzene rings is 3. The highest BCUT2D eigenvalue weighted by Crippen LogP contribution is 2.43. The van der Waals surface area contributed by atoms with Gasteiger partial charge in [-0.1, -0.05) is 69.7 Å². The van der Waals surface area contributed by atoms with Gasteiger partial charge in [-0.3, -0.25) is 0 Å². The summed E-state index contributed by atoms with van der Waals surface area (Å²) >= 11 is 0. The van der Waals surface area contributed by atoms with E-state index >= 15 is 0 Å². The average molecular weight is 336 g/mol. The van der Waals surface area contributed by atoms with Crippen LogP contribution < -0.4 is 9.47 Å². The Bertz CT molecular complexity index is 878. The first kappa shape index (κ1) is 17.6. The van der Waals surface area contributed by atoms with E-state index < -0.39 is 0 Å². The van der Waals surface area contributed by atoms with Crippen molar-refractivity contribution in [3.63, 3.8) is 0 Å². The Balaban J connectivity index is 2.28. The zero-order valence-electron chi connectivity index (χ0n) is 15.9. The molecule has 0 amide bonds. The van der Waals surface area contributed by atoms with E-state index in [0.29, 0.717) is 25.0 Å². The summed E-state index contributed by atoms with van der Waals surface area (Å²) < 4.78 is 12.5. The molecule has 0 unspecified atom stereocenters. The molecule has 0 atom stereocenters. The van der Waals surface area contributed by atoms with Crippen molar-refractivity contribution in [1.82, 2.24) is 0 Å². The van der Waals surface area contributed by atoms with Crippen LogP contribution in [0.5, 0.6) is 11.5 Å². The van der Waals surface area contributed by atoms with E-state index in [2.05, 4.69) is 77.1 Å². The Kier molecular flexibility index (Phi) is 5.17. The SMILES string of the molecule is Cc1ccc2c(OCC(C)C)c3ccccc3c(OCC(C)C)c2c1. The summed E-state index contributed by atoms with van der Waals surface area (Å²) in [5, 5.41) is 4.51. The maximum Gasteiger partial charge on any atom is 0.135 e. The van der Waals surface area contributed by atoms with Crippen molar-refractivity contribution in [2.45, 2.75) is 34.6 Å². The van der Waals surface area contributed by atoms with E-state index in [0.717, 1.165) is 33.0 Å². The monoisotopic (exact) mass is 336 g/mol. The van der Waals surface area contributed by atoms with E-state index in [9.17, 15) is 0 Å². The van der Waals surface area contributed by atoms with Gasteiger partial charge in [-0.05, 0) is 24.8 Å². The van der Waals surface area contributed by atoms with Gasteiger partial charge in [-0.25, -0.2) is 0 Å². The highest BCUT2D eigenvalue weighted by molar-refractivity contribution is 6.11. The normalized spacial score (nSPS) is 11.6. The Hall–Kier alpha value is -2.22. The molecule has 0 radical (unpaired) electrons. The molecule has 3 aromatic carbocycles. The molecule has 0 aliphatic carbocycles. The molecule has 3 aromatic rings. The molecule has 0 saturated carbocycles. The number of aryl methyl sites for hydroxylation is 1. The molecule has 0 spiro atoms. The number of ether oxygens (including phenoxy) is 2. The summed E-state index contributed by atoms with van der Waals surface area (Å²) in [6, 6.07) is 14.9. The standard InChI is InChI=1S/C23H28O2/c1-15(2)13-24-22-18-8-6-7-9-19(18)23(25-14-16(3)4)21-12-17(5)10-11-20(21)22/h6-12,15-16H,13-14H2,1-5H3. The van der Waals surface area contributed by atoms with Crippen LogP contribution in [0, 0.1) is 18.8 Å². The first-order valence-electron chi connectivity index (χ1n) is 9.18. The molecule has 0 N–H and O–H groups in total. The zero-order chi connectivity index (χ0) is 18.0. The summed E-state index contributed by atoms with van der Waals surface area (Å²) in [6.45, 7) is 12.2. The van der Waals surface area contributed by atoms with Gasteiger partial charge in [0.25, 0.3) is 0 Å². The van der Waals surface area contributed by atoms with Crippen LogP contribution in [0.15, 0.2) is 42.5 Å². The molecule has 2 heteroatoms. The van der Waals surface area contributed by atoms with Crippen LogP contribution in [0.25, 0.3) is 21.5 Å². The topological polar surface area (TPSA) is 18.5 Å². The first-order valence-corrected chi connectivity index (χ1v) is 9.18. The Morgan fingerprint density at radius 1 is 0.680 bits per heavy atom. The van der Waals surface area contributed by atoms with Crippen LogP contribution in [-0.4, -0.2) is 13.2 Å². The third-order valence-electron chi connectivity index (χ3n) is 4.20. The summed E-state index contributed by atoms with van der Waals surface area (Å²) in [7, 11) is 0. The van der Waals surface area contributed by atoms with Gasteiger partial charge in [0.2, 0.25) is 0 Å². The van der Waals surface area contributed by atoms with Gasteiger partial charge in [-0.2, -0.15) is 0 Å². The van der Waals surface area contributed by atoms with Gasteiger partial charge in [0.1, 0.15) is 11.5 Å². The molecule has 25 heavy (non-hydrogen) atoms.